The molecule has 0 amide bonds. The number of hydrogen-bond acceptors (Lipinski definition) is 6. The molecule has 176 valence electrons. The van der Waals surface area contributed by atoms with E-state index in [4.69, 9.17) is 23.1 Å². The number of nitrogens with zero attached hydrogens (tertiary/aromatic N) is 8. The molecule has 8 nitrogen and oxygen atoms in total. The highest BCUT2D eigenvalue weighted by atomic mass is 15.1. The Bertz CT molecular complexity index is 1780. The highest BCUT2D eigenvalue weighted by Gasteiger charge is 2.14. The van der Waals surface area contributed by atoms with Gasteiger partial charge in [0.15, 0.2) is 17.5 Å². The summed E-state index contributed by atoms with van der Waals surface area (Å²) in [4.78, 5) is 33.9. The number of benzene rings is 2. The summed E-state index contributed by atoms with van der Waals surface area (Å²) in [6.45, 7) is 14.4. The second kappa shape index (κ2) is 9.65. The topological polar surface area (TPSA) is 86.1 Å². The third kappa shape index (κ3) is 4.30. The van der Waals surface area contributed by atoms with Crippen molar-refractivity contribution in [2.75, 3.05) is 0 Å². The summed E-state index contributed by atoms with van der Waals surface area (Å²) in [6.07, 6.45) is 6.70. The first-order valence-corrected chi connectivity index (χ1v) is 11.6. The van der Waals surface area contributed by atoms with Crippen LogP contribution >= 0.6 is 0 Å². The first-order chi connectivity index (χ1) is 18.7. The standard InChI is InChI=1S/C30H16N8/c1-31-22-11-13-26(34-16-22)29-36-28(37-30(38-29)27-14-12-23(32-2)17-35-27)20-9-7-19(8-10-20)25-18-33-15-21-5-3-4-6-24(21)25/h3-18H. The van der Waals surface area contributed by atoms with Crippen LogP contribution in [0.1, 0.15) is 0 Å². The molecule has 0 aliphatic rings. The summed E-state index contributed by atoms with van der Waals surface area (Å²) >= 11 is 0. The quantitative estimate of drug-likeness (QED) is 0.249. The summed E-state index contributed by atoms with van der Waals surface area (Å²) in [7, 11) is 0. The van der Waals surface area contributed by atoms with Gasteiger partial charge in [-0.05, 0) is 23.1 Å². The van der Waals surface area contributed by atoms with E-state index in [1.807, 2.05) is 54.9 Å². The predicted molar refractivity (Wildman–Crippen MR) is 145 cm³/mol. The molecule has 0 fully saturated rings. The Morgan fingerprint density at radius 1 is 0.526 bits per heavy atom. The molecular weight excluding hydrogens is 472 g/mol. The van der Waals surface area contributed by atoms with Crippen molar-refractivity contribution in [2.45, 2.75) is 0 Å². The van der Waals surface area contributed by atoms with E-state index >= 15 is 0 Å². The second-order valence-corrected chi connectivity index (χ2v) is 8.32. The lowest BCUT2D eigenvalue weighted by atomic mass is 10.00. The zero-order valence-corrected chi connectivity index (χ0v) is 19.8. The van der Waals surface area contributed by atoms with Gasteiger partial charge in [-0.1, -0.05) is 60.7 Å². The Labute approximate surface area is 218 Å². The van der Waals surface area contributed by atoms with Gasteiger partial charge in [-0.15, -0.1) is 0 Å². The first kappa shape index (κ1) is 22.6. The summed E-state index contributed by atoms with van der Waals surface area (Å²) in [5.74, 6) is 1.18. The molecule has 4 aromatic heterocycles. The maximum Gasteiger partial charge on any atom is 0.205 e. The van der Waals surface area contributed by atoms with Crippen LogP contribution in [-0.2, 0) is 0 Å². The molecule has 2 aromatic carbocycles. The Kier molecular flexibility index (Phi) is 5.74. The van der Waals surface area contributed by atoms with Crippen molar-refractivity contribution >= 4 is 22.1 Å². The fourth-order valence-corrected chi connectivity index (χ4v) is 4.05. The minimum absolute atomic E-state index is 0.361. The molecule has 38 heavy (non-hydrogen) atoms. The van der Waals surface area contributed by atoms with Gasteiger partial charge in [0.1, 0.15) is 11.4 Å². The largest absolute Gasteiger partial charge is 0.264 e. The van der Waals surface area contributed by atoms with Crippen molar-refractivity contribution in [1.29, 1.82) is 0 Å². The third-order valence-corrected chi connectivity index (χ3v) is 5.97. The maximum atomic E-state index is 7.18. The molecule has 0 atom stereocenters. The Morgan fingerprint density at radius 2 is 1.11 bits per heavy atom. The van der Waals surface area contributed by atoms with Crippen LogP contribution in [0, 0.1) is 13.1 Å². The van der Waals surface area contributed by atoms with Crippen molar-refractivity contribution in [2.24, 2.45) is 0 Å². The van der Waals surface area contributed by atoms with Crippen molar-refractivity contribution in [1.82, 2.24) is 29.9 Å². The van der Waals surface area contributed by atoms with Crippen LogP contribution in [0.3, 0.4) is 0 Å². The molecule has 0 saturated carbocycles. The van der Waals surface area contributed by atoms with Crippen LogP contribution < -0.4 is 0 Å². The lowest BCUT2D eigenvalue weighted by Gasteiger charge is -2.09. The highest BCUT2D eigenvalue weighted by Crippen LogP contribution is 2.30. The van der Waals surface area contributed by atoms with Crippen LogP contribution in [0.25, 0.3) is 66.0 Å². The van der Waals surface area contributed by atoms with Gasteiger partial charge in [-0.2, -0.15) is 0 Å². The van der Waals surface area contributed by atoms with E-state index in [9.17, 15) is 0 Å². The smallest absolute Gasteiger partial charge is 0.205 e. The molecule has 6 aromatic rings. The lowest BCUT2D eigenvalue weighted by molar-refractivity contribution is 1.05. The Morgan fingerprint density at radius 3 is 1.68 bits per heavy atom. The number of hydrogen-bond donors (Lipinski definition) is 0. The molecule has 6 rings (SSSR count). The molecule has 0 saturated heterocycles. The molecule has 0 N–H and O–H groups in total. The van der Waals surface area contributed by atoms with Crippen LogP contribution in [0.2, 0.25) is 0 Å². The van der Waals surface area contributed by atoms with E-state index in [-0.39, 0.29) is 0 Å². The van der Waals surface area contributed by atoms with Gasteiger partial charge < -0.3 is 0 Å². The number of aromatic nitrogens is 6. The van der Waals surface area contributed by atoms with E-state index in [0.717, 1.165) is 27.5 Å². The molecule has 0 bridgehead atoms. The van der Waals surface area contributed by atoms with Crippen LogP contribution in [0.4, 0.5) is 11.4 Å². The monoisotopic (exact) mass is 488 g/mol. The van der Waals surface area contributed by atoms with Crippen LogP contribution in [0.5, 0.6) is 0 Å². The molecule has 4 heterocycles. The highest BCUT2D eigenvalue weighted by molar-refractivity contribution is 5.95. The van der Waals surface area contributed by atoms with E-state index in [1.165, 1.54) is 12.4 Å². The molecule has 0 aliphatic carbocycles. The number of rotatable bonds is 4. The summed E-state index contributed by atoms with van der Waals surface area (Å²) < 4.78 is 0. The summed E-state index contributed by atoms with van der Waals surface area (Å²) in [5, 5.41) is 2.21. The van der Waals surface area contributed by atoms with Gasteiger partial charge in [0.25, 0.3) is 0 Å². The average molecular weight is 489 g/mol. The van der Waals surface area contributed by atoms with E-state index < -0.39 is 0 Å². The Balaban J connectivity index is 1.45. The van der Waals surface area contributed by atoms with Crippen LogP contribution in [0.15, 0.2) is 97.6 Å². The Hall–Kier alpha value is -5.86. The third-order valence-electron chi connectivity index (χ3n) is 5.97. The van der Waals surface area contributed by atoms with Gasteiger partial charge in [-0.25, -0.2) is 24.6 Å². The molecule has 0 aliphatic heterocycles. The summed E-state index contributed by atoms with van der Waals surface area (Å²) in [6, 6.07) is 22.9. The number of fused-ring (bicyclic) bond motifs is 1. The molecule has 8 heteroatoms. The second-order valence-electron chi connectivity index (χ2n) is 8.32. The molecule has 0 spiro atoms. The minimum Gasteiger partial charge on any atom is -0.264 e. The van der Waals surface area contributed by atoms with Gasteiger partial charge in [0.05, 0.1) is 13.1 Å². The first-order valence-electron chi connectivity index (χ1n) is 11.6. The predicted octanol–water partition coefficient (Wildman–Crippen LogP) is 6.98. The maximum absolute atomic E-state index is 7.18. The van der Waals surface area contributed by atoms with Gasteiger partial charge in [0, 0.05) is 41.3 Å². The molecular formula is C30H16N8. The zero-order chi connectivity index (χ0) is 25.9. The van der Waals surface area contributed by atoms with E-state index in [0.29, 0.717) is 40.2 Å². The van der Waals surface area contributed by atoms with E-state index in [1.54, 1.807) is 24.3 Å². The average Bonchev–Trinajstić information content (AvgIpc) is 3.01. The zero-order valence-electron chi connectivity index (χ0n) is 19.8. The van der Waals surface area contributed by atoms with Gasteiger partial charge in [-0.3, -0.25) is 15.0 Å². The van der Waals surface area contributed by atoms with E-state index in [2.05, 4.69) is 35.7 Å². The fraction of sp³-hybridized carbons (Fsp3) is 0. The normalized spacial score (nSPS) is 10.6. The number of pyridine rings is 3. The summed E-state index contributed by atoms with van der Waals surface area (Å²) in [5.41, 5.74) is 4.75. The van der Waals surface area contributed by atoms with Crippen molar-refractivity contribution < 1.29 is 0 Å². The molecule has 0 radical (unpaired) electrons. The van der Waals surface area contributed by atoms with Gasteiger partial charge in [0.2, 0.25) is 11.4 Å². The SMILES string of the molecule is [C-]#[N+]c1ccc(-c2nc(-c3ccc(-c4cncc5ccccc45)cc3)nc(-c3ccc([N+]#[C-])cn3)n2)nc1. The minimum atomic E-state index is 0.361. The van der Waals surface area contributed by atoms with Gasteiger partial charge >= 0.3 is 0 Å². The van der Waals surface area contributed by atoms with Crippen molar-refractivity contribution in [3.05, 3.63) is 120 Å². The van der Waals surface area contributed by atoms with Crippen molar-refractivity contribution in [3.8, 4) is 45.6 Å². The lowest BCUT2D eigenvalue weighted by Crippen LogP contribution is -2.01. The van der Waals surface area contributed by atoms with Crippen molar-refractivity contribution in [3.63, 3.8) is 0 Å². The fourth-order valence-electron chi connectivity index (χ4n) is 4.05. The molecule has 0 unspecified atom stereocenters. The van der Waals surface area contributed by atoms with Crippen LogP contribution in [-0.4, -0.2) is 29.9 Å².